The second kappa shape index (κ2) is 51.7. The quantitative estimate of drug-likeness (QED) is 0.0130. The summed E-state index contributed by atoms with van der Waals surface area (Å²) >= 11 is 0. The number of para-hydroxylation sites is 5. The summed E-state index contributed by atoms with van der Waals surface area (Å²) in [6.07, 6.45) is 1.70. The molecule has 7 heterocycles. The molecule has 7 unspecified atom stereocenters. The van der Waals surface area contributed by atoms with E-state index in [9.17, 15) is 63.3 Å². The smallest absolute Gasteiger partial charge is 0.870 e. The Morgan fingerprint density at radius 1 is 0.360 bits per heavy atom. The minimum Gasteiger partial charge on any atom is -0.870 e. The molecule has 1 saturated heterocycles. The monoisotopic (exact) mass is 2010 g/mol. The number of aromatic nitrogens is 6. The van der Waals surface area contributed by atoms with Crippen LogP contribution in [0, 0.1) is 0 Å². The molecule has 33 heteroatoms. The van der Waals surface area contributed by atoms with Crippen molar-refractivity contribution in [2.24, 2.45) is 51.1 Å². The van der Waals surface area contributed by atoms with Gasteiger partial charge < -0.3 is 111 Å². The van der Waals surface area contributed by atoms with E-state index < -0.39 is 65.7 Å². The molecule has 1 fully saturated rings. The molecule has 1 aliphatic rings. The Morgan fingerprint density at radius 2 is 0.687 bits per heavy atom. The molecule has 14 aromatic carbocycles. The molecule has 20 aromatic rings. The van der Waals surface area contributed by atoms with Crippen LogP contribution in [-0.4, -0.2) is 187 Å². The normalized spacial score (nSPS) is 13.3. The summed E-state index contributed by atoms with van der Waals surface area (Å²) in [6.45, 7) is 0. The molecule has 6 aromatic heterocycles. The number of hydrogen-bond acceptors (Lipinski definition) is 20. The molecule has 0 saturated carbocycles. The minimum absolute atomic E-state index is 0. The molecule has 16 N–H and O–H groups in total. The van der Waals surface area contributed by atoms with Gasteiger partial charge in [-0.15, -0.1) is 0 Å². The molecule has 21 rings (SSSR count). The SMILES string of the molecule is COC(=O)c1cccc2[nH]c3ccccc3c12.COC(=O)c1cccc2[nH]ccc12.COC(=O)c1cccc2c1c1ccccc1n2C.COC1CCC(OC)O1.Cn1c2ccccc2c2c(C(=O)NC(Cc3ccccc3)C(=O)C(N)=O)cccc21.Cn1c2ccccc2c2c(C(=O)NC(Cc3ccccc3)C(O)C(N)=O)cccc21.Cn1c2ccccc2c2c(C(=O)O)cccc21.NC(=O)C(O)C(N)Cc1ccccc1.[Li+].[OH-]. The van der Waals surface area contributed by atoms with Crippen LogP contribution in [0.3, 0.4) is 0 Å². The molecule has 7 atom stereocenters. The average molecular weight is 2020 g/mol. The number of aromatic amines is 2. The predicted molar refractivity (Wildman–Crippen MR) is 576 cm³/mol. The van der Waals surface area contributed by atoms with Crippen LogP contribution in [0.25, 0.3) is 120 Å². The van der Waals surface area contributed by atoms with E-state index in [1.54, 1.807) is 68.9 Å². The summed E-state index contributed by atoms with van der Waals surface area (Å²) in [6, 6.07) is 100. The first kappa shape index (κ1) is 112. The number of nitrogens with zero attached hydrogens (tertiary/aromatic N) is 4. The van der Waals surface area contributed by atoms with Gasteiger partial charge in [0.15, 0.2) is 18.7 Å². The number of H-pyrrole nitrogens is 2. The van der Waals surface area contributed by atoms with Crippen LogP contribution in [0.1, 0.15) is 91.7 Å². The van der Waals surface area contributed by atoms with Crippen LogP contribution in [-0.2, 0) is 95.1 Å². The van der Waals surface area contributed by atoms with Crippen molar-refractivity contribution in [1.29, 1.82) is 0 Å². The number of benzene rings is 14. The van der Waals surface area contributed by atoms with E-state index in [0.717, 1.165) is 149 Å². The summed E-state index contributed by atoms with van der Waals surface area (Å²) in [4.78, 5) is 125. The van der Waals surface area contributed by atoms with Crippen LogP contribution < -0.4 is 52.4 Å². The van der Waals surface area contributed by atoms with Crippen LogP contribution >= 0.6 is 0 Å². The number of amides is 5. The van der Waals surface area contributed by atoms with Crippen molar-refractivity contribution in [2.45, 2.75) is 75.0 Å². The number of carbonyl (C=O) groups excluding carboxylic acids is 9. The zero-order valence-electron chi connectivity index (χ0n) is 84.3. The van der Waals surface area contributed by atoms with Gasteiger partial charge >= 0.3 is 42.7 Å². The van der Waals surface area contributed by atoms with Crippen LogP contribution in [0.2, 0.25) is 0 Å². The number of hydrogen-bond donors (Lipinski definition) is 11. The van der Waals surface area contributed by atoms with Gasteiger partial charge in [-0.3, -0.25) is 28.8 Å². The van der Waals surface area contributed by atoms with Gasteiger partial charge in [0, 0.05) is 205 Å². The minimum atomic E-state index is -1.50. The third-order valence-corrected chi connectivity index (χ3v) is 25.7. The van der Waals surface area contributed by atoms with E-state index in [1.807, 2.05) is 315 Å². The zero-order valence-corrected chi connectivity index (χ0v) is 84.3. The molecule has 0 aliphatic carbocycles. The zero-order chi connectivity index (χ0) is 106. The first-order valence-corrected chi connectivity index (χ1v) is 47.4. The first-order valence-electron chi connectivity index (χ1n) is 47.4. The van der Waals surface area contributed by atoms with E-state index in [2.05, 4.69) is 36.0 Å². The van der Waals surface area contributed by atoms with E-state index in [1.165, 1.54) is 21.3 Å². The summed E-state index contributed by atoms with van der Waals surface area (Å²) < 4.78 is 37.6. The standard InChI is InChI=1S/C24H23N3O3.C24H21N3O3.C15H13NO2.2C14H11NO2.C10H14N2O2.C10H9NO2.C6H12O3.Li.H2O/c2*1-27-19-12-6-5-10-16(19)21-17(11-7-13-20(21)27)24(30)26-18(22(28)23(25)29)14-15-8-3-2-4-9-15;1-16-12-8-4-3-6-10(12)14-11(15(17)18-2)7-5-9-13(14)16;1-17-14(16)10-6-4-8-12-13(10)9-5-2-3-7-11(9)15-12;1-15-11-7-3-2-5-9(11)13-10(14(16)17)6-4-8-12(13)15;11-8(9(13)10(12)14)6-7-4-2-1-3-5-7;1-13-10(12)8-3-2-4-9-7(8)5-6-11-9;1-7-5-3-4-6(8-2)9-5;;/h2-13,18,22,28H,14H2,1H3,(H2,25,29)(H,26,30);2-13,18H,14H2,1H3,(H2,25,29)(H,26,30);3-9H,1-2H3;2-8,15H,1H3;2-8H,1H3,(H,16,17);1-5,8-9,13H,6,11H2,(H2,12,14);2-6,11H,1H3;5-6H,3-4H2,1-2H3;;1H2/q;;;;;;;;+1;/p-1. The molecule has 1 aliphatic heterocycles. The molecular formula is C117H115LiN12O20. The van der Waals surface area contributed by atoms with Gasteiger partial charge in [-0.25, -0.2) is 19.2 Å². The predicted octanol–water partition coefficient (Wildman–Crippen LogP) is 13.4. The second-order valence-corrected chi connectivity index (χ2v) is 34.8. The number of carbonyl (C=O) groups is 10. The van der Waals surface area contributed by atoms with Crippen molar-refractivity contribution in [3.8, 4) is 0 Å². The van der Waals surface area contributed by atoms with Crippen LogP contribution in [0.5, 0.6) is 0 Å². The van der Waals surface area contributed by atoms with Gasteiger partial charge in [0.1, 0.15) is 12.1 Å². The van der Waals surface area contributed by atoms with E-state index in [4.69, 9.17) is 46.6 Å². The number of aliphatic hydroxyl groups is 2. The van der Waals surface area contributed by atoms with Gasteiger partial charge in [0.05, 0.1) is 49.6 Å². The molecule has 32 nitrogen and oxygen atoms in total. The third-order valence-electron chi connectivity index (χ3n) is 25.7. The number of ketones is 1. The van der Waals surface area contributed by atoms with Crippen LogP contribution in [0.15, 0.2) is 334 Å². The van der Waals surface area contributed by atoms with E-state index >= 15 is 0 Å². The van der Waals surface area contributed by atoms with Crippen molar-refractivity contribution in [3.05, 3.63) is 384 Å². The van der Waals surface area contributed by atoms with Gasteiger partial charge in [0.2, 0.25) is 17.6 Å². The van der Waals surface area contributed by atoms with Crippen molar-refractivity contribution in [3.63, 3.8) is 0 Å². The number of carboxylic acid groups (broad SMARTS) is 1. The molecule has 0 bridgehead atoms. The van der Waals surface area contributed by atoms with E-state index in [0.29, 0.717) is 39.8 Å². The number of carboxylic acids is 1. The number of ether oxygens (including phenoxy) is 6. The Morgan fingerprint density at radius 3 is 1.09 bits per heavy atom. The summed E-state index contributed by atoms with van der Waals surface area (Å²) in [5.41, 5.74) is 37.8. The maximum atomic E-state index is 13.3. The second-order valence-electron chi connectivity index (χ2n) is 34.8. The fourth-order valence-corrected chi connectivity index (χ4v) is 18.4. The number of aliphatic hydroxyl groups excluding tert-OH is 2. The fourth-order valence-electron chi connectivity index (χ4n) is 18.4. The Hall–Kier alpha value is -17.2. The Kier molecular flexibility index (Phi) is 38.5. The van der Waals surface area contributed by atoms with Crippen molar-refractivity contribution < 1.29 is 116 Å². The number of methoxy groups -OCH3 is 5. The van der Waals surface area contributed by atoms with Crippen molar-refractivity contribution in [1.82, 2.24) is 38.9 Å². The van der Waals surface area contributed by atoms with Crippen LogP contribution in [0.4, 0.5) is 0 Å². The number of rotatable bonds is 22. The largest absolute Gasteiger partial charge is 1.00 e. The Bertz CT molecular complexity index is 8230. The molecule has 0 radical (unpaired) electrons. The average Bonchev–Trinajstić information content (AvgIpc) is 1.63. The fraction of sp³-hybridized carbons (Fsp3) is 0.179. The molecular weight excluding hydrogens is 1900 g/mol. The molecule has 150 heavy (non-hydrogen) atoms. The summed E-state index contributed by atoms with van der Waals surface area (Å²) in [7, 11) is 15.3. The number of nitrogens with two attached hydrogens (primary N) is 4. The summed E-state index contributed by atoms with van der Waals surface area (Å²) in [5.74, 6) is -6.12. The van der Waals surface area contributed by atoms with E-state index in [-0.39, 0.29) is 73.6 Å². The Balaban J connectivity index is 0.000000156. The molecule has 5 amide bonds. The molecule has 0 spiro atoms. The number of esters is 3. The maximum absolute atomic E-state index is 13.3. The Labute approximate surface area is 874 Å². The number of fused-ring (bicyclic) bond motifs is 16. The van der Waals surface area contributed by atoms with Gasteiger partial charge in [-0.2, -0.15) is 0 Å². The van der Waals surface area contributed by atoms with Crippen molar-refractivity contribution in [2.75, 3.05) is 35.5 Å². The molecule has 764 valence electrons. The maximum Gasteiger partial charge on any atom is 1.00 e. The number of aryl methyl sites for hydroxylation is 4. The third kappa shape index (κ3) is 25.4. The van der Waals surface area contributed by atoms with Gasteiger partial charge in [0.25, 0.3) is 17.7 Å². The first-order chi connectivity index (χ1) is 71.5. The number of primary amides is 3. The van der Waals surface area contributed by atoms with Gasteiger partial charge in [-0.1, -0.05) is 218 Å². The number of Topliss-reactive ketones (excluding diaryl/α,β-unsaturated/α-hetero) is 1. The van der Waals surface area contributed by atoms with Gasteiger partial charge in [-0.05, 0) is 139 Å². The number of aromatic carboxylic acids is 1. The van der Waals surface area contributed by atoms with Crippen molar-refractivity contribution >= 4 is 179 Å². The number of nitrogens with one attached hydrogen (secondary N) is 4. The summed E-state index contributed by atoms with van der Waals surface area (Å²) in [5, 5.41) is 44.7. The topological polar surface area (TPSA) is 496 Å².